The average molecular weight is 505 g/mol. The van der Waals surface area contributed by atoms with Crippen molar-refractivity contribution >= 4 is 28.5 Å². The number of carbonyl (C=O) groups excluding carboxylic acids is 1. The standard InChI is InChI=1S/C30H24N4O4/c1-30(2,3)22-9-6-19(7-10-22)28(35)33-26-24-14-20(8-13-25(24)38-27(26)29(36)37)21-16-32-34(17-21)23-11-4-18(15-31)5-12-23/h4-14,16-17H,1-3H3,(H,33,35)(H,36,37). The van der Waals surface area contributed by atoms with Crippen LogP contribution in [0.5, 0.6) is 0 Å². The number of rotatable bonds is 5. The summed E-state index contributed by atoms with van der Waals surface area (Å²) in [6.07, 6.45) is 3.52. The topological polar surface area (TPSA) is 121 Å². The number of aromatic nitrogens is 2. The first-order valence-corrected chi connectivity index (χ1v) is 11.9. The molecule has 8 nitrogen and oxygen atoms in total. The van der Waals surface area contributed by atoms with Crippen molar-refractivity contribution in [2.75, 3.05) is 5.32 Å². The van der Waals surface area contributed by atoms with Crippen molar-refractivity contribution < 1.29 is 19.1 Å². The summed E-state index contributed by atoms with van der Waals surface area (Å²) >= 11 is 0. The van der Waals surface area contributed by atoms with Crippen LogP contribution in [-0.4, -0.2) is 26.8 Å². The number of hydrogen-bond donors (Lipinski definition) is 2. The monoisotopic (exact) mass is 504 g/mol. The Kier molecular flexibility index (Phi) is 6.05. The van der Waals surface area contributed by atoms with Crippen LogP contribution in [0.1, 0.15) is 52.8 Å². The van der Waals surface area contributed by atoms with Crippen molar-refractivity contribution in [3.8, 4) is 22.9 Å². The molecule has 0 fully saturated rings. The average Bonchev–Trinajstić information content (AvgIpc) is 3.54. The summed E-state index contributed by atoms with van der Waals surface area (Å²) in [5.41, 5.74) is 4.76. The zero-order chi connectivity index (χ0) is 27.0. The molecular weight excluding hydrogens is 480 g/mol. The Bertz CT molecular complexity index is 1710. The Morgan fingerprint density at radius 3 is 2.34 bits per heavy atom. The molecule has 0 radical (unpaired) electrons. The number of carboxylic acids is 1. The van der Waals surface area contributed by atoms with E-state index in [1.807, 2.05) is 18.3 Å². The highest BCUT2D eigenvalue weighted by Crippen LogP contribution is 2.35. The van der Waals surface area contributed by atoms with Crippen LogP contribution in [0.2, 0.25) is 0 Å². The second kappa shape index (κ2) is 9.37. The van der Waals surface area contributed by atoms with Crippen LogP contribution < -0.4 is 5.32 Å². The van der Waals surface area contributed by atoms with Gasteiger partial charge in [-0.25, -0.2) is 9.48 Å². The molecule has 38 heavy (non-hydrogen) atoms. The molecule has 0 spiro atoms. The van der Waals surface area contributed by atoms with Crippen LogP contribution >= 0.6 is 0 Å². The number of carboxylic acid groups (broad SMARTS) is 1. The molecule has 2 heterocycles. The number of furan rings is 1. The van der Waals surface area contributed by atoms with Crippen molar-refractivity contribution in [3.05, 3.63) is 102 Å². The maximum absolute atomic E-state index is 13.1. The van der Waals surface area contributed by atoms with Crippen molar-refractivity contribution in [2.45, 2.75) is 26.2 Å². The van der Waals surface area contributed by atoms with Crippen LogP contribution in [0.4, 0.5) is 5.69 Å². The molecule has 188 valence electrons. The Balaban J connectivity index is 1.49. The van der Waals surface area contributed by atoms with Gasteiger partial charge < -0.3 is 14.8 Å². The number of fused-ring (bicyclic) bond motifs is 1. The van der Waals surface area contributed by atoms with E-state index in [9.17, 15) is 14.7 Å². The van der Waals surface area contributed by atoms with Gasteiger partial charge in [0.2, 0.25) is 5.76 Å². The van der Waals surface area contributed by atoms with Crippen LogP contribution in [0, 0.1) is 11.3 Å². The number of hydrogen-bond acceptors (Lipinski definition) is 5. The molecular formula is C30H24N4O4. The maximum atomic E-state index is 13.1. The van der Waals surface area contributed by atoms with Crippen LogP contribution in [0.25, 0.3) is 27.8 Å². The molecule has 0 aliphatic heterocycles. The lowest BCUT2D eigenvalue weighted by Gasteiger charge is -2.19. The van der Waals surface area contributed by atoms with Crippen molar-refractivity contribution in [2.24, 2.45) is 0 Å². The smallest absolute Gasteiger partial charge is 0.374 e. The van der Waals surface area contributed by atoms with Crippen molar-refractivity contribution in [1.82, 2.24) is 9.78 Å². The van der Waals surface area contributed by atoms with Gasteiger partial charge >= 0.3 is 5.97 Å². The quantitative estimate of drug-likeness (QED) is 0.285. The molecule has 8 heteroatoms. The van der Waals surface area contributed by atoms with Gasteiger partial charge in [0, 0.05) is 22.7 Å². The summed E-state index contributed by atoms with van der Waals surface area (Å²) in [6, 6.07) is 21.6. The van der Waals surface area contributed by atoms with Gasteiger partial charge in [0.15, 0.2) is 0 Å². The van der Waals surface area contributed by atoms with Crippen molar-refractivity contribution in [3.63, 3.8) is 0 Å². The SMILES string of the molecule is CC(C)(C)c1ccc(C(=O)Nc2c(C(=O)O)oc3ccc(-c4cnn(-c5ccc(C#N)cc5)c4)cc23)cc1. The summed E-state index contributed by atoms with van der Waals surface area (Å²) in [4.78, 5) is 25.0. The molecule has 0 bridgehead atoms. The number of anilines is 1. The summed E-state index contributed by atoms with van der Waals surface area (Å²) in [5.74, 6) is -2.06. The van der Waals surface area contributed by atoms with E-state index >= 15 is 0 Å². The number of nitrogens with one attached hydrogen (secondary N) is 1. The van der Waals surface area contributed by atoms with E-state index in [0.29, 0.717) is 22.1 Å². The number of benzene rings is 3. The predicted octanol–water partition coefficient (Wildman–Crippen LogP) is 6.41. The first-order chi connectivity index (χ1) is 18.1. The Morgan fingerprint density at radius 2 is 1.71 bits per heavy atom. The lowest BCUT2D eigenvalue weighted by atomic mass is 9.87. The van der Waals surface area contributed by atoms with E-state index in [0.717, 1.165) is 22.4 Å². The molecule has 2 aromatic heterocycles. The molecule has 2 N–H and O–H groups in total. The van der Waals surface area contributed by atoms with Gasteiger partial charge in [-0.3, -0.25) is 4.79 Å². The lowest BCUT2D eigenvalue weighted by molar-refractivity contribution is 0.0666. The molecule has 0 unspecified atom stereocenters. The van der Waals surface area contributed by atoms with E-state index in [2.05, 4.69) is 37.3 Å². The predicted molar refractivity (Wildman–Crippen MR) is 144 cm³/mol. The molecule has 5 rings (SSSR count). The Morgan fingerprint density at radius 1 is 1.00 bits per heavy atom. The molecule has 3 aromatic carbocycles. The molecule has 0 aliphatic carbocycles. The van der Waals surface area contributed by atoms with Crippen LogP contribution in [0.15, 0.2) is 83.5 Å². The first-order valence-electron chi connectivity index (χ1n) is 11.9. The minimum absolute atomic E-state index is 0.0590. The second-order valence-corrected chi connectivity index (χ2v) is 9.94. The van der Waals surface area contributed by atoms with E-state index in [4.69, 9.17) is 9.68 Å². The normalized spacial score (nSPS) is 11.3. The molecule has 1 amide bonds. The van der Waals surface area contributed by atoms with Gasteiger partial charge in [0.1, 0.15) is 11.3 Å². The fourth-order valence-electron chi connectivity index (χ4n) is 4.16. The Labute approximate surface area is 218 Å². The largest absolute Gasteiger partial charge is 0.475 e. The summed E-state index contributed by atoms with van der Waals surface area (Å²) < 4.78 is 7.27. The highest BCUT2D eigenvalue weighted by Gasteiger charge is 2.23. The number of aromatic carboxylic acids is 1. The van der Waals surface area contributed by atoms with E-state index < -0.39 is 11.9 Å². The Hall–Kier alpha value is -5.16. The van der Waals surface area contributed by atoms with Gasteiger partial charge in [0.05, 0.1) is 23.5 Å². The number of amides is 1. The van der Waals surface area contributed by atoms with Gasteiger partial charge in [0.25, 0.3) is 5.91 Å². The zero-order valence-electron chi connectivity index (χ0n) is 21.0. The first kappa shape index (κ1) is 24.5. The van der Waals surface area contributed by atoms with E-state index in [1.165, 1.54) is 0 Å². The maximum Gasteiger partial charge on any atom is 0.374 e. The molecule has 0 atom stereocenters. The number of nitrogens with zero attached hydrogens (tertiary/aromatic N) is 3. The summed E-state index contributed by atoms with van der Waals surface area (Å²) in [7, 11) is 0. The minimum Gasteiger partial charge on any atom is -0.475 e. The van der Waals surface area contributed by atoms with Gasteiger partial charge in [-0.15, -0.1) is 0 Å². The summed E-state index contributed by atoms with van der Waals surface area (Å²) in [6.45, 7) is 6.26. The van der Waals surface area contributed by atoms with Crippen molar-refractivity contribution in [1.29, 1.82) is 5.26 Å². The minimum atomic E-state index is -1.28. The van der Waals surface area contributed by atoms with Crippen LogP contribution in [0.3, 0.4) is 0 Å². The van der Waals surface area contributed by atoms with E-state index in [1.54, 1.807) is 65.5 Å². The summed E-state index contributed by atoms with van der Waals surface area (Å²) in [5, 5.41) is 26.4. The highest BCUT2D eigenvalue weighted by atomic mass is 16.4. The molecule has 0 saturated carbocycles. The van der Waals surface area contributed by atoms with Gasteiger partial charge in [-0.1, -0.05) is 39.0 Å². The third-order valence-electron chi connectivity index (χ3n) is 6.31. The second-order valence-electron chi connectivity index (χ2n) is 9.94. The fraction of sp³-hybridized carbons (Fsp3) is 0.133. The van der Waals surface area contributed by atoms with Crippen LogP contribution in [-0.2, 0) is 5.41 Å². The number of nitriles is 1. The van der Waals surface area contributed by atoms with Gasteiger partial charge in [-0.2, -0.15) is 10.4 Å². The van der Waals surface area contributed by atoms with Gasteiger partial charge in [-0.05, 0) is 65.1 Å². The third kappa shape index (κ3) is 4.65. The third-order valence-corrected chi connectivity index (χ3v) is 6.31. The molecule has 0 aliphatic rings. The lowest BCUT2D eigenvalue weighted by Crippen LogP contribution is -2.15. The zero-order valence-corrected chi connectivity index (χ0v) is 21.0. The highest BCUT2D eigenvalue weighted by molar-refractivity contribution is 6.13. The number of carbonyl (C=O) groups is 2. The molecule has 0 saturated heterocycles. The van der Waals surface area contributed by atoms with E-state index in [-0.39, 0.29) is 16.9 Å². The molecule has 5 aromatic rings. The fourth-order valence-corrected chi connectivity index (χ4v) is 4.16.